The summed E-state index contributed by atoms with van der Waals surface area (Å²) < 4.78 is 1.52. The predicted molar refractivity (Wildman–Crippen MR) is 104 cm³/mol. The molecule has 0 aliphatic heterocycles. The number of anilines is 1. The van der Waals surface area contributed by atoms with E-state index in [1.165, 1.54) is 27.7 Å². The lowest BCUT2D eigenvalue weighted by Crippen LogP contribution is -2.27. The van der Waals surface area contributed by atoms with Gasteiger partial charge in [0.05, 0.1) is 23.5 Å². The average Bonchev–Trinajstić information content (AvgIpc) is 2.93. The first-order valence-electron chi connectivity index (χ1n) is 7.25. The highest BCUT2D eigenvalue weighted by atomic mass is 35.5. The number of fused-ring (bicyclic) bond motifs is 1. The number of benzene rings is 1. The minimum Gasteiger partial charge on any atom is -0.324 e. The minimum absolute atomic E-state index is 0.0817. The molecule has 5 nitrogen and oxygen atoms in total. The van der Waals surface area contributed by atoms with E-state index in [0.29, 0.717) is 26.3 Å². The Kier molecular flexibility index (Phi) is 5.38. The Balaban J connectivity index is 1.75. The number of thiophene rings is 1. The summed E-state index contributed by atoms with van der Waals surface area (Å²) in [6.45, 7) is 1.95. The zero-order chi connectivity index (χ0) is 18.1. The van der Waals surface area contributed by atoms with Crippen LogP contribution in [-0.4, -0.2) is 16.2 Å². The fourth-order valence-corrected chi connectivity index (χ4v) is 4.48. The van der Waals surface area contributed by atoms with Crippen LogP contribution < -0.4 is 15.9 Å². The van der Waals surface area contributed by atoms with Crippen LogP contribution in [0.3, 0.4) is 0 Å². The van der Waals surface area contributed by atoms with E-state index >= 15 is 0 Å². The standard InChI is InChI=1S/C16H13Cl2N3O2S2/c1-8-5-10-14(25-8)20-16(21(2)15(10)23)24-7-13(22)19-12-4-3-9(17)6-11(12)18/h3-6H,7H2,1-2H3,(H,19,22)/p+1. The molecule has 130 valence electrons. The normalized spacial score (nSPS) is 11.0. The number of aryl methyl sites for hydroxylation is 1. The average molecular weight is 415 g/mol. The van der Waals surface area contributed by atoms with Crippen molar-refractivity contribution in [3.8, 4) is 0 Å². The van der Waals surface area contributed by atoms with E-state index in [2.05, 4.69) is 10.3 Å². The summed E-state index contributed by atoms with van der Waals surface area (Å²) in [5.41, 5.74) is 0.417. The number of nitrogens with zero attached hydrogens (tertiary/aromatic N) is 1. The molecule has 0 radical (unpaired) electrons. The molecule has 3 rings (SSSR count). The zero-order valence-electron chi connectivity index (χ0n) is 13.4. The summed E-state index contributed by atoms with van der Waals surface area (Å²) in [7, 11) is 1.68. The van der Waals surface area contributed by atoms with Gasteiger partial charge in [-0.15, -0.1) is 0 Å². The van der Waals surface area contributed by atoms with Gasteiger partial charge in [-0.1, -0.05) is 34.5 Å². The van der Waals surface area contributed by atoms with Crippen LogP contribution in [0.25, 0.3) is 10.2 Å². The monoisotopic (exact) mass is 414 g/mol. The van der Waals surface area contributed by atoms with Gasteiger partial charge in [0, 0.05) is 9.90 Å². The summed E-state index contributed by atoms with van der Waals surface area (Å²) in [6.07, 6.45) is 0. The van der Waals surface area contributed by atoms with Gasteiger partial charge in [-0.3, -0.25) is 4.79 Å². The number of aromatic amines is 1. The lowest BCUT2D eigenvalue weighted by atomic mass is 10.3. The molecule has 0 spiro atoms. The van der Waals surface area contributed by atoms with E-state index in [-0.39, 0.29) is 17.2 Å². The third-order valence-electron chi connectivity index (χ3n) is 3.46. The van der Waals surface area contributed by atoms with E-state index in [4.69, 9.17) is 23.2 Å². The summed E-state index contributed by atoms with van der Waals surface area (Å²) in [4.78, 5) is 29.6. The second-order valence-electron chi connectivity index (χ2n) is 5.36. The lowest BCUT2D eigenvalue weighted by Gasteiger charge is -2.07. The van der Waals surface area contributed by atoms with Crippen LogP contribution in [0.4, 0.5) is 5.69 Å². The highest BCUT2D eigenvalue weighted by Crippen LogP contribution is 2.26. The van der Waals surface area contributed by atoms with Crippen molar-refractivity contribution in [3.63, 3.8) is 0 Å². The Morgan fingerprint density at radius 1 is 1.36 bits per heavy atom. The predicted octanol–water partition coefficient (Wildman–Crippen LogP) is 3.76. The van der Waals surface area contributed by atoms with Crippen molar-refractivity contribution in [3.05, 3.63) is 49.5 Å². The fraction of sp³-hybridized carbons (Fsp3) is 0.188. The maximum absolute atomic E-state index is 12.4. The number of halogens is 2. The van der Waals surface area contributed by atoms with Crippen molar-refractivity contribution in [2.45, 2.75) is 12.1 Å². The molecule has 0 bridgehead atoms. The number of nitrogens with one attached hydrogen (secondary N) is 2. The van der Waals surface area contributed by atoms with Gasteiger partial charge in [0.15, 0.2) is 4.83 Å². The first-order chi connectivity index (χ1) is 11.8. The topological polar surface area (TPSA) is 65.2 Å². The Morgan fingerprint density at radius 2 is 2.12 bits per heavy atom. The number of carbonyl (C=O) groups excluding carboxylic acids is 1. The molecule has 0 saturated carbocycles. The van der Waals surface area contributed by atoms with Crippen molar-refractivity contribution >= 4 is 68.1 Å². The molecule has 2 aromatic heterocycles. The molecule has 2 N–H and O–H groups in total. The quantitative estimate of drug-likeness (QED) is 0.521. The van der Waals surface area contributed by atoms with Gasteiger partial charge in [-0.25, -0.2) is 9.78 Å². The molecule has 0 saturated heterocycles. The van der Waals surface area contributed by atoms with Gasteiger partial charge in [-0.05, 0) is 43.0 Å². The number of carbonyl (C=O) groups is 1. The molecule has 25 heavy (non-hydrogen) atoms. The van der Waals surface area contributed by atoms with Gasteiger partial charge in [0.1, 0.15) is 5.39 Å². The minimum atomic E-state index is -0.225. The maximum atomic E-state index is 12.4. The van der Waals surface area contributed by atoms with Gasteiger partial charge in [0.25, 0.3) is 0 Å². The molecule has 3 aromatic rings. The van der Waals surface area contributed by atoms with Crippen molar-refractivity contribution in [2.24, 2.45) is 7.05 Å². The molecule has 0 aliphatic rings. The summed E-state index contributed by atoms with van der Waals surface area (Å²) in [5.74, 6) is -0.0870. The third-order valence-corrected chi connectivity index (χ3v) is 6.03. The Labute approximate surface area is 162 Å². The number of H-pyrrole nitrogens is 1. The number of rotatable bonds is 4. The lowest BCUT2D eigenvalue weighted by molar-refractivity contribution is -0.404. The molecule has 1 aromatic carbocycles. The smallest absolute Gasteiger partial charge is 0.324 e. The third kappa shape index (κ3) is 4.00. The first-order valence-corrected chi connectivity index (χ1v) is 9.81. The van der Waals surface area contributed by atoms with Gasteiger partial charge >= 0.3 is 10.7 Å². The van der Waals surface area contributed by atoms with Crippen LogP contribution in [0.1, 0.15) is 4.88 Å². The van der Waals surface area contributed by atoms with E-state index in [0.717, 1.165) is 9.71 Å². The maximum Gasteiger partial charge on any atom is 0.346 e. The van der Waals surface area contributed by atoms with Gasteiger partial charge in [-0.2, -0.15) is 4.57 Å². The van der Waals surface area contributed by atoms with Crippen LogP contribution in [0.5, 0.6) is 0 Å². The Hall–Kier alpha value is -1.54. The van der Waals surface area contributed by atoms with E-state index < -0.39 is 0 Å². The van der Waals surface area contributed by atoms with E-state index in [9.17, 15) is 9.59 Å². The largest absolute Gasteiger partial charge is 0.346 e. The number of hydrogen-bond donors (Lipinski definition) is 1. The Bertz CT molecular complexity index is 1030. The molecule has 0 atom stereocenters. The van der Waals surface area contributed by atoms with Crippen molar-refractivity contribution in [1.82, 2.24) is 4.57 Å². The van der Waals surface area contributed by atoms with E-state index in [1.807, 2.05) is 13.0 Å². The molecular weight excluding hydrogens is 401 g/mol. The fourth-order valence-electron chi connectivity index (χ4n) is 2.26. The van der Waals surface area contributed by atoms with E-state index in [1.54, 1.807) is 25.2 Å². The molecule has 0 aliphatic carbocycles. The summed E-state index contributed by atoms with van der Waals surface area (Å²) in [5, 5.41) is 4.89. The Morgan fingerprint density at radius 3 is 2.84 bits per heavy atom. The molecule has 9 heteroatoms. The number of hydrogen-bond acceptors (Lipinski definition) is 4. The van der Waals surface area contributed by atoms with Crippen molar-refractivity contribution < 1.29 is 9.78 Å². The zero-order valence-corrected chi connectivity index (χ0v) is 16.5. The molecule has 0 unspecified atom stereocenters. The van der Waals surface area contributed by atoms with Crippen LogP contribution in [0, 0.1) is 6.92 Å². The second-order valence-corrected chi connectivity index (χ2v) is 8.42. The summed E-state index contributed by atoms with van der Waals surface area (Å²) in [6, 6.07) is 6.73. The van der Waals surface area contributed by atoms with Gasteiger partial charge in [0.2, 0.25) is 5.91 Å². The van der Waals surface area contributed by atoms with Crippen molar-refractivity contribution in [1.29, 1.82) is 0 Å². The van der Waals surface area contributed by atoms with Crippen LogP contribution in [0.2, 0.25) is 10.0 Å². The van der Waals surface area contributed by atoms with Crippen LogP contribution in [-0.2, 0) is 11.8 Å². The summed E-state index contributed by atoms with van der Waals surface area (Å²) >= 11 is 14.7. The highest BCUT2D eigenvalue weighted by molar-refractivity contribution is 7.99. The number of thioether (sulfide) groups is 1. The molecule has 0 fully saturated rings. The van der Waals surface area contributed by atoms with Crippen LogP contribution >= 0.6 is 46.3 Å². The van der Waals surface area contributed by atoms with Crippen molar-refractivity contribution in [2.75, 3.05) is 11.1 Å². The first kappa shape index (κ1) is 18.3. The number of aromatic nitrogens is 2. The molecule has 2 heterocycles. The molecule has 1 amide bonds. The molecular formula is C16H14Cl2N3O2S2+. The second kappa shape index (κ2) is 7.37. The van der Waals surface area contributed by atoms with Crippen LogP contribution in [0.15, 0.2) is 34.2 Å². The highest BCUT2D eigenvalue weighted by Gasteiger charge is 2.19. The van der Waals surface area contributed by atoms with Gasteiger partial charge < -0.3 is 5.32 Å². The SMILES string of the molecule is Cc1cc2c(=O)n(C)c(SCC(=O)Nc3ccc(Cl)cc3Cl)[nH+]c2s1. The number of amides is 1.